The van der Waals surface area contributed by atoms with Crippen LogP contribution in [0.3, 0.4) is 0 Å². The Morgan fingerprint density at radius 1 is 1.62 bits per heavy atom. The van der Waals surface area contributed by atoms with Gasteiger partial charge in [0.2, 0.25) is 5.91 Å². The minimum absolute atomic E-state index is 0.211. The molecule has 0 bridgehead atoms. The fourth-order valence-corrected chi connectivity index (χ4v) is 1.82. The average molecular weight is 204 g/mol. The maximum Gasteiger partial charge on any atom is 0.225 e. The molecular weight excluding hydrogens is 186 g/mol. The van der Waals surface area contributed by atoms with Crippen LogP contribution in [0.2, 0.25) is 0 Å². The van der Waals surface area contributed by atoms with Crippen LogP contribution in [0, 0.1) is 11.8 Å². The maximum atomic E-state index is 11.8. The Hall–Kier alpha value is -0.240. The van der Waals surface area contributed by atoms with E-state index in [0.29, 0.717) is 18.3 Å². The van der Waals surface area contributed by atoms with Crippen molar-refractivity contribution in [2.75, 3.05) is 19.0 Å². The van der Waals surface area contributed by atoms with Crippen LogP contribution >= 0.6 is 11.6 Å². The molecule has 1 rings (SSSR count). The molecule has 0 aromatic carbocycles. The summed E-state index contributed by atoms with van der Waals surface area (Å²) in [6, 6.07) is 0. The third-order valence-corrected chi connectivity index (χ3v) is 2.94. The lowest BCUT2D eigenvalue weighted by atomic mass is 10.1. The number of halogens is 1. The first-order chi connectivity index (χ1) is 6.20. The van der Waals surface area contributed by atoms with E-state index < -0.39 is 0 Å². The van der Waals surface area contributed by atoms with Gasteiger partial charge in [-0.2, -0.15) is 0 Å². The van der Waals surface area contributed by atoms with E-state index in [9.17, 15) is 4.79 Å². The van der Waals surface area contributed by atoms with Gasteiger partial charge in [-0.25, -0.2) is 0 Å². The van der Waals surface area contributed by atoms with E-state index in [-0.39, 0.29) is 11.8 Å². The monoisotopic (exact) mass is 203 g/mol. The predicted molar refractivity (Wildman–Crippen MR) is 54.9 cm³/mol. The van der Waals surface area contributed by atoms with Crippen LogP contribution < -0.4 is 0 Å². The van der Waals surface area contributed by atoms with E-state index in [4.69, 9.17) is 11.6 Å². The van der Waals surface area contributed by atoms with E-state index in [1.807, 2.05) is 18.7 Å². The molecule has 0 heterocycles. The molecule has 0 N–H and O–H groups in total. The number of hydrogen-bond acceptors (Lipinski definition) is 1. The molecular formula is C10H18ClNO. The van der Waals surface area contributed by atoms with Gasteiger partial charge in [-0.05, 0) is 25.7 Å². The zero-order valence-electron chi connectivity index (χ0n) is 8.42. The second kappa shape index (κ2) is 4.85. The van der Waals surface area contributed by atoms with Gasteiger partial charge in [-0.1, -0.05) is 6.92 Å². The third kappa shape index (κ3) is 2.87. The number of hydrogen-bond donors (Lipinski definition) is 0. The van der Waals surface area contributed by atoms with Crippen molar-refractivity contribution in [3.8, 4) is 0 Å². The average Bonchev–Trinajstić information content (AvgIpc) is 2.95. The van der Waals surface area contributed by atoms with Gasteiger partial charge in [0, 0.05) is 24.9 Å². The van der Waals surface area contributed by atoms with Crippen molar-refractivity contribution in [2.24, 2.45) is 11.8 Å². The fourth-order valence-electron chi connectivity index (χ4n) is 1.61. The first-order valence-corrected chi connectivity index (χ1v) is 5.58. The summed E-state index contributed by atoms with van der Waals surface area (Å²) in [4.78, 5) is 13.7. The Morgan fingerprint density at radius 3 is 2.62 bits per heavy atom. The number of nitrogens with zero attached hydrogens (tertiary/aromatic N) is 1. The molecule has 0 aromatic rings. The normalized spacial score (nSPS) is 18.4. The summed E-state index contributed by atoms with van der Waals surface area (Å²) in [5.74, 6) is 1.68. The van der Waals surface area contributed by atoms with Crippen molar-refractivity contribution < 1.29 is 4.79 Å². The molecule has 3 heteroatoms. The zero-order chi connectivity index (χ0) is 9.84. The molecule has 0 aromatic heterocycles. The Balaban J connectivity index is 2.41. The van der Waals surface area contributed by atoms with Gasteiger partial charge in [0.05, 0.1) is 0 Å². The van der Waals surface area contributed by atoms with Crippen molar-refractivity contribution in [1.82, 2.24) is 4.90 Å². The first-order valence-electron chi connectivity index (χ1n) is 5.05. The SMILES string of the molecule is CCN(CCCl)C(=O)C(C)C1CC1. The van der Waals surface area contributed by atoms with Crippen LogP contribution in [-0.4, -0.2) is 29.8 Å². The summed E-state index contributed by atoms with van der Waals surface area (Å²) in [7, 11) is 0. The molecule has 1 aliphatic carbocycles. The highest BCUT2D eigenvalue weighted by atomic mass is 35.5. The van der Waals surface area contributed by atoms with E-state index >= 15 is 0 Å². The largest absolute Gasteiger partial charge is 0.342 e. The van der Waals surface area contributed by atoms with Crippen molar-refractivity contribution in [2.45, 2.75) is 26.7 Å². The van der Waals surface area contributed by atoms with Crippen LogP contribution in [0.25, 0.3) is 0 Å². The van der Waals surface area contributed by atoms with Crippen molar-refractivity contribution in [3.05, 3.63) is 0 Å². The molecule has 2 nitrogen and oxygen atoms in total. The van der Waals surface area contributed by atoms with Crippen molar-refractivity contribution in [1.29, 1.82) is 0 Å². The summed E-state index contributed by atoms with van der Waals surface area (Å²) in [6.07, 6.45) is 2.46. The van der Waals surface area contributed by atoms with Gasteiger partial charge < -0.3 is 4.90 Å². The van der Waals surface area contributed by atoms with Gasteiger partial charge in [0.25, 0.3) is 0 Å². The van der Waals surface area contributed by atoms with Crippen LogP contribution in [0.15, 0.2) is 0 Å². The number of amides is 1. The van der Waals surface area contributed by atoms with Gasteiger partial charge in [0.15, 0.2) is 0 Å². The lowest BCUT2D eigenvalue weighted by Gasteiger charge is -2.23. The number of carbonyl (C=O) groups excluding carboxylic acids is 1. The van der Waals surface area contributed by atoms with E-state index in [1.54, 1.807) is 0 Å². The summed E-state index contributed by atoms with van der Waals surface area (Å²) >= 11 is 5.63. The highest BCUT2D eigenvalue weighted by Crippen LogP contribution is 2.37. The molecule has 1 unspecified atom stereocenters. The Bertz CT molecular complexity index is 180. The second-order valence-corrected chi connectivity index (χ2v) is 4.11. The molecule has 0 saturated heterocycles. The van der Waals surface area contributed by atoms with Crippen LogP contribution in [-0.2, 0) is 4.79 Å². The number of carbonyl (C=O) groups is 1. The molecule has 0 radical (unpaired) electrons. The second-order valence-electron chi connectivity index (χ2n) is 3.73. The lowest BCUT2D eigenvalue weighted by molar-refractivity contribution is -0.135. The lowest BCUT2D eigenvalue weighted by Crippen LogP contribution is -2.37. The molecule has 1 amide bonds. The number of alkyl halides is 1. The molecule has 76 valence electrons. The quantitative estimate of drug-likeness (QED) is 0.627. The third-order valence-electron chi connectivity index (χ3n) is 2.77. The number of rotatable bonds is 5. The summed E-state index contributed by atoms with van der Waals surface area (Å²) < 4.78 is 0. The van der Waals surface area contributed by atoms with E-state index in [1.165, 1.54) is 12.8 Å². The zero-order valence-corrected chi connectivity index (χ0v) is 9.18. The fraction of sp³-hybridized carbons (Fsp3) is 0.900. The predicted octanol–water partition coefficient (Wildman–Crippen LogP) is 2.12. The summed E-state index contributed by atoms with van der Waals surface area (Å²) in [5.41, 5.74) is 0. The molecule has 1 aliphatic rings. The van der Waals surface area contributed by atoms with Gasteiger partial charge in [0.1, 0.15) is 0 Å². The van der Waals surface area contributed by atoms with Gasteiger partial charge >= 0.3 is 0 Å². The van der Waals surface area contributed by atoms with Crippen LogP contribution in [0.5, 0.6) is 0 Å². The topological polar surface area (TPSA) is 20.3 Å². The van der Waals surface area contributed by atoms with Crippen LogP contribution in [0.1, 0.15) is 26.7 Å². The van der Waals surface area contributed by atoms with E-state index in [2.05, 4.69) is 0 Å². The summed E-state index contributed by atoms with van der Waals surface area (Å²) in [6.45, 7) is 5.51. The van der Waals surface area contributed by atoms with Gasteiger partial charge in [-0.15, -0.1) is 11.6 Å². The Labute approximate surface area is 85.2 Å². The Kier molecular flexibility index (Phi) is 4.04. The highest BCUT2D eigenvalue weighted by Gasteiger charge is 2.34. The van der Waals surface area contributed by atoms with Crippen LogP contribution in [0.4, 0.5) is 0 Å². The first kappa shape index (κ1) is 10.8. The summed E-state index contributed by atoms with van der Waals surface area (Å²) in [5, 5.41) is 0. The van der Waals surface area contributed by atoms with Gasteiger partial charge in [-0.3, -0.25) is 4.79 Å². The Morgan fingerprint density at radius 2 is 2.23 bits per heavy atom. The van der Waals surface area contributed by atoms with E-state index in [0.717, 1.165) is 6.54 Å². The molecule has 1 atom stereocenters. The van der Waals surface area contributed by atoms with Crippen molar-refractivity contribution in [3.63, 3.8) is 0 Å². The highest BCUT2D eigenvalue weighted by molar-refractivity contribution is 6.18. The molecule has 0 spiro atoms. The smallest absolute Gasteiger partial charge is 0.225 e. The standard InChI is InChI=1S/C10H18ClNO/c1-3-12(7-6-11)10(13)8(2)9-4-5-9/h8-9H,3-7H2,1-2H3. The minimum Gasteiger partial charge on any atom is -0.342 e. The molecule has 13 heavy (non-hydrogen) atoms. The van der Waals surface area contributed by atoms with Crippen molar-refractivity contribution >= 4 is 17.5 Å². The minimum atomic E-state index is 0.211. The molecule has 1 saturated carbocycles. The molecule has 0 aliphatic heterocycles. The maximum absolute atomic E-state index is 11.8. The molecule has 1 fully saturated rings.